The summed E-state index contributed by atoms with van der Waals surface area (Å²) in [6, 6.07) is 22.4. The summed E-state index contributed by atoms with van der Waals surface area (Å²) in [4.78, 5) is 34.0. The number of carbonyl (C=O) groups is 2. The number of piperazine rings is 1. The predicted molar refractivity (Wildman–Crippen MR) is 121 cm³/mol. The van der Waals surface area contributed by atoms with E-state index < -0.39 is 0 Å². The average molecular weight is 415 g/mol. The first-order valence-electron chi connectivity index (χ1n) is 10.5. The number of amides is 2. The van der Waals surface area contributed by atoms with E-state index in [-0.39, 0.29) is 24.3 Å². The lowest BCUT2D eigenvalue weighted by Gasteiger charge is -2.36. The zero-order chi connectivity index (χ0) is 21.5. The van der Waals surface area contributed by atoms with Gasteiger partial charge in [-0.05, 0) is 29.8 Å². The Hall–Kier alpha value is -3.67. The van der Waals surface area contributed by atoms with Gasteiger partial charge in [-0.2, -0.15) is 0 Å². The van der Waals surface area contributed by atoms with E-state index in [1.165, 1.54) is 0 Å². The molecular weight excluding hydrogens is 388 g/mol. The lowest BCUT2D eigenvalue weighted by Crippen LogP contribution is -2.49. The summed E-state index contributed by atoms with van der Waals surface area (Å²) in [6.07, 6.45) is 3.80. The number of hydrogen-bond donors (Lipinski definition) is 1. The van der Waals surface area contributed by atoms with Gasteiger partial charge in [0.05, 0.1) is 12.5 Å². The quantitative estimate of drug-likeness (QED) is 0.672. The van der Waals surface area contributed by atoms with Crippen LogP contribution >= 0.6 is 0 Å². The smallest absolute Gasteiger partial charge is 0.251 e. The van der Waals surface area contributed by atoms with Gasteiger partial charge in [-0.25, -0.2) is 0 Å². The fraction of sp³-hybridized carbons (Fsp3) is 0.240. The maximum atomic E-state index is 13.1. The zero-order valence-electron chi connectivity index (χ0n) is 17.4. The van der Waals surface area contributed by atoms with Crippen LogP contribution in [0.1, 0.15) is 28.4 Å². The molecule has 1 aliphatic heterocycles. The van der Waals surface area contributed by atoms with E-state index in [1.807, 2.05) is 65.6 Å². The first kappa shape index (κ1) is 20.6. The summed E-state index contributed by atoms with van der Waals surface area (Å²) < 4.78 is 0. The maximum Gasteiger partial charge on any atom is 0.251 e. The van der Waals surface area contributed by atoms with Gasteiger partial charge in [0.25, 0.3) is 5.91 Å². The second-order valence-electron chi connectivity index (χ2n) is 7.58. The van der Waals surface area contributed by atoms with E-state index in [2.05, 4.69) is 15.2 Å². The number of nitrogens with one attached hydrogen (secondary N) is 1. The van der Waals surface area contributed by atoms with Gasteiger partial charge in [0, 0.05) is 49.8 Å². The molecule has 1 unspecified atom stereocenters. The summed E-state index contributed by atoms with van der Waals surface area (Å²) in [5, 5.41) is 3.05. The number of carbonyl (C=O) groups excluding carboxylic acids is 2. The van der Waals surface area contributed by atoms with Crippen molar-refractivity contribution >= 4 is 17.5 Å². The minimum Gasteiger partial charge on any atom is -0.368 e. The van der Waals surface area contributed by atoms with E-state index >= 15 is 0 Å². The molecule has 2 aromatic carbocycles. The maximum absolute atomic E-state index is 13.1. The van der Waals surface area contributed by atoms with Crippen LogP contribution in [0.3, 0.4) is 0 Å². The first-order chi connectivity index (χ1) is 15.2. The lowest BCUT2D eigenvalue weighted by atomic mass is 10.0. The van der Waals surface area contributed by atoms with Crippen LogP contribution in [0.5, 0.6) is 0 Å². The van der Waals surface area contributed by atoms with Crippen molar-refractivity contribution in [2.24, 2.45) is 0 Å². The molecular formula is C25H26N4O2. The number of rotatable bonds is 6. The van der Waals surface area contributed by atoms with Gasteiger partial charge in [0.1, 0.15) is 0 Å². The lowest BCUT2D eigenvalue weighted by molar-refractivity contribution is -0.132. The summed E-state index contributed by atoms with van der Waals surface area (Å²) in [5.41, 5.74) is 2.64. The highest BCUT2D eigenvalue weighted by molar-refractivity contribution is 5.94. The van der Waals surface area contributed by atoms with Crippen molar-refractivity contribution in [3.8, 4) is 0 Å². The Kier molecular flexibility index (Phi) is 6.57. The molecule has 0 radical (unpaired) electrons. The van der Waals surface area contributed by atoms with Crippen LogP contribution in [0.4, 0.5) is 5.69 Å². The zero-order valence-corrected chi connectivity index (χ0v) is 17.4. The van der Waals surface area contributed by atoms with Gasteiger partial charge in [0.2, 0.25) is 5.91 Å². The molecule has 1 fully saturated rings. The third kappa shape index (κ3) is 5.28. The van der Waals surface area contributed by atoms with Crippen LogP contribution in [-0.2, 0) is 4.79 Å². The highest BCUT2D eigenvalue weighted by atomic mass is 16.2. The summed E-state index contributed by atoms with van der Waals surface area (Å²) in [7, 11) is 0. The van der Waals surface area contributed by atoms with E-state index in [4.69, 9.17) is 0 Å². The number of nitrogens with zero attached hydrogens (tertiary/aromatic N) is 3. The first-order valence-corrected chi connectivity index (χ1v) is 10.5. The summed E-state index contributed by atoms with van der Waals surface area (Å²) in [6.45, 7) is 2.88. The predicted octanol–water partition coefficient (Wildman–Crippen LogP) is 3.29. The Labute approximate surface area is 182 Å². The van der Waals surface area contributed by atoms with Gasteiger partial charge in [-0.15, -0.1) is 0 Å². The molecule has 0 saturated carbocycles. The van der Waals surface area contributed by atoms with Gasteiger partial charge in [0.15, 0.2) is 0 Å². The largest absolute Gasteiger partial charge is 0.368 e. The molecule has 2 heterocycles. The minimum absolute atomic E-state index is 0.0524. The number of anilines is 1. The van der Waals surface area contributed by atoms with Gasteiger partial charge >= 0.3 is 0 Å². The van der Waals surface area contributed by atoms with E-state index in [1.54, 1.807) is 24.5 Å². The summed E-state index contributed by atoms with van der Waals surface area (Å²) in [5.74, 6) is -0.124. The van der Waals surface area contributed by atoms with Gasteiger partial charge in [-0.3, -0.25) is 14.6 Å². The minimum atomic E-state index is -0.375. The fourth-order valence-electron chi connectivity index (χ4n) is 3.84. The van der Waals surface area contributed by atoms with Crippen molar-refractivity contribution in [3.63, 3.8) is 0 Å². The Bertz CT molecular complexity index is 988. The van der Waals surface area contributed by atoms with Gasteiger partial charge < -0.3 is 15.1 Å². The van der Waals surface area contributed by atoms with Crippen molar-refractivity contribution in [3.05, 3.63) is 96.3 Å². The number of pyridine rings is 1. The number of aromatic nitrogens is 1. The Morgan fingerprint density at radius 3 is 2.10 bits per heavy atom. The second-order valence-corrected chi connectivity index (χ2v) is 7.58. The molecule has 0 aliphatic carbocycles. The topological polar surface area (TPSA) is 65.5 Å². The Balaban J connectivity index is 1.41. The molecule has 31 heavy (non-hydrogen) atoms. The molecule has 1 N–H and O–H groups in total. The van der Waals surface area contributed by atoms with Crippen molar-refractivity contribution in [2.75, 3.05) is 31.1 Å². The SMILES string of the molecule is O=C(NC(CC(=O)N1CCN(c2ccncc2)CC1)c1ccccc1)c1ccccc1. The van der Waals surface area contributed by atoms with Crippen molar-refractivity contribution in [1.29, 1.82) is 0 Å². The van der Waals surface area contributed by atoms with Crippen LogP contribution < -0.4 is 10.2 Å². The van der Waals surface area contributed by atoms with Crippen molar-refractivity contribution < 1.29 is 9.59 Å². The highest BCUT2D eigenvalue weighted by Crippen LogP contribution is 2.21. The monoisotopic (exact) mass is 414 g/mol. The van der Waals surface area contributed by atoms with Crippen molar-refractivity contribution in [2.45, 2.75) is 12.5 Å². The highest BCUT2D eigenvalue weighted by Gasteiger charge is 2.25. The van der Waals surface area contributed by atoms with E-state index in [0.29, 0.717) is 18.7 Å². The van der Waals surface area contributed by atoms with Crippen LogP contribution in [0.2, 0.25) is 0 Å². The van der Waals surface area contributed by atoms with Crippen LogP contribution in [0.15, 0.2) is 85.2 Å². The number of hydrogen-bond acceptors (Lipinski definition) is 4. The summed E-state index contributed by atoms with van der Waals surface area (Å²) >= 11 is 0. The van der Waals surface area contributed by atoms with Gasteiger partial charge in [-0.1, -0.05) is 48.5 Å². The van der Waals surface area contributed by atoms with E-state index in [0.717, 1.165) is 24.3 Å². The molecule has 0 spiro atoms. The molecule has 4 rings (SSSR count). The third-order valence-corrected chi connectivity index (χ3v) is 5.58. The fourth-order valence-corrected chi connectivity index (χ4v) is 3.84. The standard InChI is InChI=1S/C25H26N4O2/c30-24(29-17-15-28(16-18-29)22-11-13-26-14-12-22)19-23(20-7-3-1-4-8-20)27-25(31)21-9-5-2-6-10-21/h1-14,23H,15-19H2,(H,27,31). The Morgan fingerprint density at radius 1 is 0.839 bits per heavy atom. The molecule has 1 aliphatic rings. The van der Waals surface area contributed by atoms with Crippen LogP contribution in [0.25, 0.3) is 0 Å². The molecule has 158 valence electrons. The average Bonchev–Trinajstić information content (AvgIpc) is 2.85. The molecule has 1 saturated heterocycles. The second kappa shape index (κ2) is 9.89. The Morgan fingerprint density at radius 2 is 1.45 bits per heavy atom. The normalized spacial score (nSPS) is 14.7. The van der Waals surface area contributed by atoms with Crippen LogP contribution in [0, 0.1) is 0 Å². The van der Waals surface area contributed by atoms with E-state index in [9.17, 15) is 9.59 Å². The van der Waals surface area contributed by atoms with Crippen LogP contribution in [-0.4, -0.2) is 47.9 Å². The molecule has 1 aromatic heterocycles. The molecule has 1 atom stereocenters. The molecule has 6 nitrogen and oxygen atoms in total. The number of benzene rings is 2. The third-order valence-electron chi connectivity index (χ3n) is 5.58. The molecule has 6 heteroatoms. The molecule has 0 bridgehead atoms. The molecule has 3 aromatic rings. The molecule has 2 amide bonds. The van der Waals surface area contributed by atoms with Crippen molar-refractivity contribution in [1.82, 2.24) is 15.2 Å².